The van der Waals surface area contributed by atoms with Gasteiger partial charge in [-0.3, -0.25) is 0 Å². The van der Waals surface area contributed by atoms with E-state index in [0.717, 1.165) is 5.75 Å². The summed E-state index contributed by atoms with van der Waals surface area (Å²) < 4.78 is 39.0. The predicted molar refractivity (Wildman–Crippen MR) is 142 cm³/mol. The highest BCUT2D eigenvalue weighted by molar-refractivity contribution is 8.14. The molecule has 0 aliphatic carbocycles. The Morgan fingerprint density at radius 1 is 0.588 bits per heavy atom. The van der Waals surface area contributed by atoms with E-state index in [2.05, 4.69) is 134 Å². The lowest BCUT2D eigenvalue weighted by Gasteiger charge is -2.34. The summed E-state index contributed by atoms with van der Waals surface area (Å²) in [5, 5.41) is 4.25. The maximum Gasteiger partial charge on any atom is 0.673 e. The lowest BCUT2D eigenvalue weighted by atomic mass is 10.3. The second-order valence-corrected chi connectivity index (χ2v) is 13.1. The van der Waals surface area contributed by atoms with Crippen molar-refractivity contribution in [3.05, 3.63) is 127 Å². The van der Waals surface area contributed by atoms with Crippen molar-refractivity contribution in [2.75, 3.05) is 5.75 Å². The fourth-order valence-corrected chi connectivity index (χ4v) is 11.4. The van der Waals surface area contributed by atoms with E-state index < -0.39 is 14.5 Å². The van der Waals surface area contributed by atoms with Gasteiger partial charge in [0.15, 0.2) is 0 Å². The molecule has 0 fully saturated rings. The summed E-state index contributed by atoms with van der Waals surface area (Å²) in [5.74, 6) is 1.11. The van der Waals surface area contributed by atoms with Crippen molar-refractivity contribution in [3.63, 3.8) is 0 Å². The highest BCUT2D eigenvalue weighted by Crippen LogP contribution is 2.60. The maximum atomic E-state index is 9.75. The lowest BCUT2D eigenvalue weighted by molar-refractivity contribution is 0.368. The molecule has 1 atom stereocenters. The number of rotatable bonds is 7. The van der Waals surface area contributed by atoms with Gasteiger partial charge < -0.3 is 17.3 Å². The van der Waals surface area contributed by atoms with Crippen LogP contribution in [-0.4, -0.2) is 13.0 Å². The topological polar surface area (TPSA) is 0 Å². The van der Waals surface area contributed by atoms with Crippen LogP contribution in [0.15, 0.2) is 126 Å². The van der Waals surface area contributed by atoms with Gasteiger partial charge in [-0.1, -0.05) is 83.7 Å². The predicted octanol–water partition coefficient (Wildman–Crippen LogP) is 7.10. The molecule has 4 rings (SSSR count). The molecule has 0 aromatic heterocycles. The lowest BCUT2D eigenvalue weighted by Crippen LogP contribution is -2.33. The first-order valence-electron chi connectivity index (χ1n) is 10.9. The van der Waals surface area contributed by atoms with Gasteiger partial charge in [0, 0.05) is 7.26 Å². The first-order valence-corrected chi connectivity index (χ1v) is 14.2. The Morgan fingerprint density at radius 3 is 1.18 bits per heavy atom. The first-order chi connectivity index (χ1) is 16.3. The van der Waals surface area contributed by atoms with E-state index in [1.807, 2.05) is 0 Å². The molecular weight excluding hydrogens is 474 g/mol. The summed E-state index contributed by atoms with van der Waals surface area (Å²) >= 11 is 0. The smallest absolute Gasteiger partial charge is 0.418 e. The number of benzene rings is 4. The third-order valence-electron chi connectivity index (χ3n) is 5.13. The minimum atomic E-state index is -6.00. The zero-order valence-electron chi connectivity index (χ0n) is 18.8. The van der Waals surface area contributed by atoms with E-state index in [-0.39, 0.29) is 10.9 Å². The number of halogens is 4. The molecule has 0 heterocycles. The Bertz CT molecular complexity index is 1010. The molecule has 0 bridgehead atoms. The molecule has 176 valence electrons. The molecule has 0 spiro atoms. The van der Waals surface area contributed by atoms with Crippen LogP contribution in [0.3, 0.4) is 0 Å². The summed E-state index contributed by atoms with van der Waals surface area (Å²) in [6, 6.07) is 44.3. The second kappa shape index (κ2) is 12.2. The summed E-state index contributed by atoms with van der Waals surface area (Å²) in [7, 11) is -7.85. The average Bonchev–Trinajstić information content (AvgIpc) is 2.86. The van der Waals surface area contributed by atoms with E-state index in [0.29, 0.717) is 0 Å². The second-order valence-electron chi connectivity index (χ2n) is 7.36. The fraction of sp³-hybridized carbons (Fsp3) is 0.0741. The van der Waals surface area contributed by atoms with Crippen LogP contribution in [0.1, 0.15) is 6.92 Å². The van der Waals surface area contributed by atoms with E-state index in [9.17, 15) is 17.3 Å². The Morgan fingerprint density at radius 2 is 0.882 bits per heavy atom. The van der Waals surface area contributed by atoms with Crippen LogP contribution in [0.2, 0.25) is 0 Å². The van der Waals surface area contributed by atoms with Crippen molar-refractivity contribution in [3.8, 4) is 0 Å². The maximum absolute atomic E-state index is 9.75. The van der Waals surface area contributed by atoms with Crippen molar-refractivity contribution in [1.29, 1.82) is 0 Å². The third-order valence-corrected chi connectivity index (χ3v) is 12.3. The molecule has 0 nitrogen and oxygen atoms in total. The van der Waals surface area contributed by atoms with Gasteiger partial charge in [0.05, 0.1) is 27.2 Å². The average molecular weight is 500 g/mol. The highest BCUT2D eigenvalue weighted by Gasteiger charge is 2.43. The van der Waals surface area contributed by atoms with Gasteiger partial charge in [-0.05, 0) is 55.5 Å². The Hall–Kier alpha value is -2.56. The fourth-order valence-electron chi connectivity index (χ4n) is 3.71. The third kappa shape index (κ3) is 6.97. The van der Waals surface area contributed by atoms with Gasteiger partial charge in [-0.2, -0.15) is 0 Å². The van der Waals surface area contributed by atoms with Crippen molar-refractivity contribution < 1.29 is 17.3 Å². The minimum Gasteiger partial charge on any atom is -0.418 e. The zero-order chi connectivity index (χ0) is 24.4. The van der Waals surface area contributed by atoms with Gasteiger partial charge in [-0.15, -0.1) is 0 Å². The van der Waals surface area contributed by atoms with Crippen LogP contribution in [0.25, 0.3) is 0 Å². The van der Waals surface area contributed by atoms with Crippen LogP contribution < -0.4 is 15.9 Å². The van der Waals surface area contributed by atoms with E-state index in [4.69, 9.17) is 0 Å². The monoisotopic (exact) mass is 500 g/mol. The SMILES string of the molecule is CC[S+]([CH-][P+](c1ccccc1)(c1ccccc1)c1ccccc1)c1ccccc1.F[B-](F)(F)F. The number of hydrogen-bond donors (Lipinski definition) is 0. The van der Waals surface area contributed by atoms with Gasteiger partial charge in [-0.25, -0.2) is 0 Å². The summed E-state index contributed by atoms with van der Waals surface area (Å²) in [6.45, 7) is 2.31. The van der Waals surface area contributed by atoms with Gasteiger partial charge in [0.2, 0.25) is 0 Å². The molecule has 1 unspecified atom stereocenters. The Balaban J connectivity index is 0.000000588. The normalized spacial score (nSPS) is 12.4. The first kappa shape index (κ1) is 26.1. The molecule has 4 aromatic rings. The molecule has 7 heteroatoms. The van der Waals surface area contributed by atoms with Crippen LogP contribution in [0.5, 0.6) is 0 Å². The molecule has 0 aliphatic heterocycles. The number of hydrogen-bond acceptors (Lipinski definition) is 0. The van der Waals surface area contributed by atoms with Crippen molar-refractivity contribution in [1.82, 2.24) is 0 Å². The van der Waals surface area contributed by atoms with Gasteiger partial charge in [0.25, 0.3) is 0 Å². The Kier molecular flexibility index (Phi) is 9.38. The highest BCUT2D eigenvalue weighted by atomic mass is 32.2. The summed E-state index contributed by atoms with van der Waals surface area (Å²) in [5.41, 5.74) is 2.70. The molecule has 4 aromatic carbocycles. The van der Waals surface area contributed by atoms with Crippen LogP contribution in [0.4, 0.5) is 17.3 Å². The van der Waals surface area contributed by atoms with Crippen LogP contribution in [0, 0.1) is 5.49 Å². The van der Waals surface area contributed by atoms with Crippen molar-refractivity contribution in [2.24, 2.45) is 0 Å². The minimum absolute atomic E-state index is 0.0587. The molecule has 0 N–H and O–H groups in total. The van der Waals surface area contributed by atoms with Gasteiger partial charge in [0.1, 0.15) is 4.90 Å². The molecule has 0 saturated heterocycles. The molecule has 0 radical (unpaired) electrons. The molecular formula is C27H26BF4PS. The standard InChI is InChI=1S/C27H26PS.BF4/c1-2-29(27-21-13-6-14-22-27)23-28(24-15-7-3-8-16-24,25-17-9-4-10-18-25)26-19-11-5-12-20-26;2-1(3,4)5/h3-23H,2H2,1H3;/q+1;-1. The van der Waals surface area contributed by atoms with Crippen molar-refractivity contribution >= 4 is 41.3 Å². The molecule has 0 saturated carbocycles. The summed E-state index contributed by atoms with van der Waals surface area (Å²) in [6.07, 6.45) is 0. The zero-order valence-corrected chi connectivity index (χ0v) is 20.5. The Labute approximate surface area is 202 Å². The van der Waals surface area contributed by atoms with Crippen molar-refractivity contribution in [2.45, 2.75) is 11.8 Å². The van der Waals surface area contributed by atoms with Crippen LogP contribution >= 0.6 is 7.26 Å². The molecule has 0 amide bonds. The van der Waals surface area contributed by atoms with E-state index >= 15 is 0 Å². The van der Waals surface area contributed by atoms with E-state index in [1.54, 1.807) is 0 Å². The quantitative estimate of drug-likeness (QED) is 0.0835. The van der Waals surface area contributed by atoms with Crippen LogP contribution in [-0.2, 0) is 10.9 Å². The molecule has 0 aliphatic rings. The van der Waals surface area contributed by atoms with Gasteiger partial charge >= 0.3 is 7.25 Å². The molecule has 34 heavy (non-hydrogen) atoms. The van der Waals surface area contributed by atoms with E-state index in [1.165, 1.54) is 20.8 Å². The summed E-state index contributed by atoms with van der Waals surface area (Å²) in [4.78, 5) is 1.42. The largest absolute Gasteiger partial charge is 0.673 e.